The lowest BCUT2D eigenvalue weighted by Gasteiger charge is -2.05. The van der Waals surface area contributed by atoms with Crippen LogP contribution in [0.25, 0.3) is 32.8 Å². The van der Waals surface area contributed by atoms with Gasteiger partial charge in [-0.15, -0.1) is 11.3 Å². The van der Waals surface area contributed by atoms with E-state index in [1.54, 1.807) is 18.2 Å². The topological polar surface area (TPSA) is 86.2 Å². The van der Waals surface area contributed by atoms with E-state index in [4.69, 9.17) is 4.42 Å². The highest BCUT2D eigenvalue weighted by atomic mass is 32.1. The van der Waals surface area contributed by atoms with Gasteiger partial charge in [-0.3, -0.25) is 10.1 Å². The first-order chi connectivity index (χ1) is 13.9. The first kappa shape index (κ1) is 19.0. The number of hydrogen-bond donors (Lipinski definition) is 0. The van der Waals surface area contributed by atoms with Crippen LogP contribution in [0.1, 0.15) is 19.4 Å². The number of aromatic nitrogens is 1. The van der Waals surface area contributed by atoms with Crippen LogP contribution in [-0.4, -0.2) is 9.91 Å². The van der Waals surface area contributed by atoms with E-state index in [0.29, 0.717) is 21.9 Å². The van der Waals surface area contributed by atoms with Gasteiger partial charge in [0.25, 0.3) is 0 Å². The maximum absolute atomic E-state index is 12.5. The van der Waals surface area contributed by atoms with Crippen LogP contribution in [0.3, 0.4) is 0 Å². The van der Waals surface area contributed by atoms with Crippen molar-refractivity contribution in [1.82, 2.24) is 4.98 Å². The van der Waals surface area contributed by atoms with Crippen molar-refractivity contribution in [2.75, 3.05) is 0 Å². The van der Waals surface area contributed by atoms with Crippen molar-refractivity contribution in [1.29, 1.82) is 0 Å². The van der Waals surface area contributed by atoms with Crippen molar-refractivity contribution in [3.05, 3.63) is 80.0 Å². The maximum atomic E-state index is 12.5. The van der Waals surface area contributed by atoms with Gasteiger partial charge in [0.2, 0.25) is 5.58 Å². The normalized spacial score (nSPS) is 11.3. The number of non-ortho nitro benzene ring substituents is 1. The predicted molar refractivity (Wildman–Crippen MR) is 114 cm³/mol. The summed E-state index contributed by atoms with van der Waals surface area (Å²) in [7, 11) is 0. The average molecular weight is 406 g/mol. The first-order valence-electron chi connectivity index (χ1n) is 9.19. The Morgan fingerprint density at radius 3 is 2.62 bits per heavy atom. The Hall–Kier alpha value is -3.32. The molecule has 0 aliphatic rings. The number of nitrogens with zero attached hydrogens (tertiary/aromatic N) is 2. The average Bonchev–Trinajstić information content (AvgIpc) is 3.17. The standard InChI is InChI=1S/C22H18N2O4S/c1-13(2)10-14-6-8-15(9-7-14)18-12-29-21(23-18)17-11-16-4-3-5-19(24(26)27)20(16)28-22(17)25/h3-9,11-13H,10H2,1-2H3. The minimum Gasteiger partial charge on any atom is -0.415 e. The van der Waals surface area contributed by atoms with Crippen LogP contribution in [0, 0.1) is 16.0 Å². The molecule has 0 atom stereocenters. The molecule has 0 unspecified atom stereocenters. The van der Waals surface area contributed by atoms with Crippen LogP contribution < -0.4 is 5.63 Å². The monoisotopic (exact) mass is 406 g/mol. The van der Waals surface area contributed by atoms with E-state index in [-0.39, 0.29) is 11.3 Å². The minimum absolute atomic E-state index is 0.0243. The van der Waals surface area contributed by atoms with Gasteiger partial charge in [0, 0.05) is 22.4 Å². The van der Waals surface area contributed by atoms with Gasteiger partial charge < -0.3 is 4.42 Å². The summed E-state index contributed by atoms with van der Waals surface area (Å²) in [6.45, 7) is 4.37. The third-order valence-electron chi connectivity index (χ3n) is 4.56. The van der Waals surface area contributed by atoms with Crippen molar-refractivity contribution in [3.63, 3.8) is 0 Å². The molecule has 4 rings (SSSR count). The Balaban J connectivity index is 1.71. The molecule has 2 aromatic carbocycles. The third kappa shape index (κ3) is 3.82. The first-order valence-corrected chi connectivity index (χ1v) is 10.1. The van der Waals surface area contributed by atoms with Gasteiger partial charge in [-0.1, -0.05) is 50.2 Å². The largest absolute Gasteiger partial charge is 0.415 e. The number of nitro groups is 1. The lowest BCUT2D eigenvalue weighted by Crippen LogP contribution is -2.03. The highest BCUT2D eigenvalue weighted by molar-refractivity contribution is 7.13. The Kier molecular flexibility index (Phi) is 4.98. The van der Waals surface area contributed by atoms with Gasteiger partial charge in [-0.05, 0) is 24.0 Å². The molecule has 146 valence electrons. The molecule has 0 saturated heterocycles. The molecule has 0 radical (unpaired) electrons. The predicted octanol–water partition coefficient (Wildman–Crippen LogP) is 5.69. The Labute approximate surface area is 170 Å². The Morgan fingerprint density at radius 1 is 1.17 bits per heavy atom. The molecule has 6 nitrogen and oxygen atoms in total. The molecule has 4 aromatic rings. The second-order valence-corrected chi connectivity index (χ2v) is 8.09. The summed E-state index contributed by atoms with van der Waals surface area (Å²) < 4.78 is 5.28. The van der Waals surface area contributed by atoms with Crippen molar-refractivity contribution in [3.8, 4) is 21.8 Å². The molecule has 0 N–H and O–H groups in total. The fourth-order valence-electron chi connectivity index (χ4n) is 3.24. The van der Waals surface area contributed by atoms with Crippen LogP contribution in [-0.2, 0) is 6.42 Å². The molecule has 0 aliphatic heterocycles. The summed E-state index contributed by atoms with van der Waals surface area (Å²) in [6, 6.07) is 14.4. The van der Waals surface area contributed by atoms with E-state index in [2.05, 4.69) is 31.0 Å². The highest BCUT2D eigenvalue weighted by Gasteiger charge is 2.18. The molecule has 2 heterocycles. The third-order valence-corrected chi connectivity index (χ3v) is 5.44. The zero-order chi connectivity index (χ0) is 20.5. The fraction of sp³-hybridized carbons (Fsp3) is 0.182. The van der Waals surface area contributed by atoms with Gasteiger partial charge in [-0.25, -0.2) is 9.78 Å². The van der Waals surface area contributed by atoms with Gasteiger partial charge >= 0.3 is 11.3 Å². The number of hydrogen-bond acceptors (Lipinski definition) is 6. The number of para-hydroxylation sites is 1. The lowest BCUT2D eigenvalue weighted by molar-refractivity contribution is -0.383. The molecule has 0 fully saturated rings. The number of thiazole rings is 1. The molecule has 0 spiro atoms. The number of nitro benzene ring substituents is 1. The fourth-order valence-corrected chi connectivity index (χ4v) is 4.07. The van der Waals surface area contributed by atoms with Gasteiger partial charge in [0.1, 0.15) is 5.01 Å². The van der Waals surface area contributed by atoms with Gasteiger partial charge in [-0.2, -0.15) is 0 Å². The van der Waals surface area contributed by atoms with Crippen LogP contribution in [0.4, 0.5) is 5.69 Å². The summed E-state index contributed by atoms with van der Waals surface area (Å²) in [5.74, 6) is 0.592. The number of benzene rings is 2. The van der Waals surface area contributed by atoms with E-state index in [9.17, 15) is 14.9 Å². The van der Waals surface area contributed by atoms with Gasteiger partial charge in [0.05, 0.1) is 16.2 Å². The second-order valence-electron chi connectivity index (χ2n) is 7.23. The molecule has 0 saturated carbocycles. The zero-order valence-corrected chi connectivity index (χ0v) is 16.7. The molecule has 0 bridgehead atoms. The van der Waals surface area contributed by atoms with Gasteiger partial charge in [0.15, 0.2) is 0 Å². The van der Waals surface area contributed by atoms with Crippen molar-refractivity contribution in [2.45, 2.75) is 20.3 Å². The lowest BCUT2D eigenvalue weighted by atomic mass is 10.0. The molecular formula is C22H18N2O4S. The molecular weight excluding hydrogens is 388 g/mol. The van der Waals surface area contributed by atoms with Crippen LogP contribution in [0.15, 0.2) is 63.1 Å². The van der Waals surface area contributed by atoms with E-state index in [0.717, 1.165) is 17.7 Å². The second kappa shape index (κ2) is 7.60. The summed E-state index contributed by atoms with van der Waals surface area (Å²) >= 11 is 1.34. The summed E-state index contributed by atoms with van der Waals surface area (Å²) in [4.78, 5) is 27.7. The summed E-state index contributed by atoms with van der Waals surface area (Å²) in [6.07, 6.45) is 1.02. The van der Waals surface area contributed by atoms with E-state index < -0.39 is 10.5 Å². The number of rotatable bonds is 5. The molecule has 29 heavy (non-hydrogen) atoms. The van der Waals surface area contributed by atoms with Crippen molar-refractivity contribution >= 4 is 28.0 Å². The van der Waals surface area contributed by atoms with E-state index >= 15 is 0 Å². The van der Waals surface area contributed by atoms with Crippen molar-refractivity contribution < 1.29 is 9.34 Å². The Morgan fingerprint density at radius 2 is 1.93 bits per heavy atom. The minimum atomic E-state index is -0.639. The smallest absolute Gasteiger partial charge is 0.346 e. The van der Waals surface area contributed by atoms with Crippen LogP contribution in [0.2, 0.25) is 0 Å². The van der Waals surface area contributed by atoms with Crippen LogP contribution >= 0.6 is 11.3 Å². The quantitative estimate of drug-likeness (QED) is 0.241. The summed E-state index contributed by atoms with van der Waals surface area (Å²) in [5.41, 5.74) is 2.43. The van der Waals surface area contributed by atoms with Crippen LogP contribution in [0.5, 0.6) is 0 Å². The highest BCUT2D eigenvalue weighted by Crippen LogP contribution is 2.31. The molecule has 7 heteroatoms. The SMILES string of the molecule is CC(C)Cc1ccc(-c2csc(-c3cc4cccc([N+](=O)[O-])c4oc3=O)n2)cc1. The van der Waals surface area contributed by atoms with E-state index in [1.165, 1.54) is 23.0 Å². The van der Waals surface area contributed by atoms with Crippen molar-refractivity contribution in [2.24, 2.45) is 5.92 Å². The Bertz CT molecular complexity index is 1260. The summed E-state index contributed by atoms with van der Waals surface area (Å²) in [5, 5.41) is 14.1. The molecule has 0 amide bonds. The zero-order valence-electron chi connectivity index (χ0n) is 15.9. The maximum Gasteiger partial charge on any atom is 0.346 e. The molecule has 0 aliphatic carbocycles. The number of fused-ring (bicyclic) bond motifs is 1. The molecule has 2 aromatic heterocycles. The van der Waals surface area contributed by atoms with E-state index in [1.807, 2.05) is 17.5 Å².